The van der Waals surface area contributed by atoms with Crippen molar-refractivity contribution in [2.75, 3.05) is 26.2 Å². The van der Waals surface area contributed by atoms with E-state index in [2.05, 4.69) is 10.2 Å². The van der Waals surface area contributed by atoms with Gasteiger partial charge in [0.25, 0.3) is 11.5 Å². The third-order valence-corrected chi connectivity index (χ3v) is 6.11. The minimum atomic E-state index is -0.360. The van der Waals surface area contributed by atoms with Crippen LogP contribution in [-0.4, -0.2) is 58.4 Å². The zero-order valence-electron chi connectivity index (χ0n) is 17.4. The van der Waals surface area contributed by atoms with Gasteiger partial charge in [0.05, 0.1) is 5.56 Å². The van der Waals surface area contributed by atoms with Crippen LogP contribution in [0.25, 0.3) is 0 Å². The van der Waals surface area contributed by atoms with Gasteiger partial charge < -0.3 is 14.8 Å². The Balaban J connectivity index is 1.38. The van der Waals surface area contributed by atoms with Crippen molar-refractivity contribution in [2.45, 2.75) is 38.4 Å². The summed E-state index contributed by atoms with van der Waals surface area (Å²) in [6.45, 7) is 3.50. The van der Waals surface area contributed by atoms with Gasteiger partial charge in [-0.1, -0.05) is 18.6 Å². The first-order valence-corrected chi connectivity index (χ1v) is 10.7. The molecule has 2 aromatic rings. The molecule has 0 aliphatic carbocycles. The fraction of sp³-hybridized carbons (Fsp3) is 0.435. The van der Waals surface area contributed by atoms with Gasteiger partial charge in [-0.3, -0.25) is 19.3 Å². The minimum absolute atomic E-state index is 0.0787. The van der Waals surface area contributed by atoms with Crippen LogP contribution in [0.5, 0.6) is 0 Å². The molecule has 0 saturated carbocycles. The van der Waals surface area contributed by atoms with E-state index in [1.807, 2.05) is 4.90 Å². The maximum atomic E-state index is 13.0. The van der Waals surface area contributed by atoms with E-state index in [1.165, 1.54) is 47.9 Å². The number of hydrogen-bond acceptors (Lipinski definition) is 4. The molecule has 0 radical (unpaired) electrons. The molecular weight excluding hydrogens is 399 g/mol. The number of nitrogens with one attached hydrogen (secondary N) is 1. The van der Waals surface area contributed by atoms with Gasteiger partial charge in [0, 0.05) is 44.5 Å². The van der Waals surface area contributed by atoms with Gasteiger partial charge >= 0.3 is 0 Å². The molecule has 2 saturated heterocycles. The first-order valence-electron chi connectivity index (χ1n) is 10.7. The van der Waals surface area contributed by atoms with E-state index >= 15 is 0 Å². The quantitative estimate of drug-likeness (QED) is 0.789. The molecule has 0 spiro atoms. The molecule has 1 aromatic carbocycles. The van der Waals surface area contributed by atoms with Gasteiger partial charge in [0.2, 0.25) is 5.91 Å². The fourth-order valence-electron chi connectivity index (χ4n) is 4.30. The topological polar surface area (TPSA) is 74.6 Å². The fourth-order valence-corrected chi connectivity index (χ4v) is 4.30. The number of carbonyl (C=O) groups is 2. The van der Waals surface area contributed by atoms with Gasteiger partial charge in [-0.2, -0.15) is 0 Å². The van der Waals surface area contributed by atoms with Gasteiger partial charge in [-0.25, -0.2) is 4.39 Å². The number of halogens is 1. The average molecular weight is 426 g/mol. The SMILES string of the molecule is O=C(NCc1ccc(F)cc1)c1ccc(=O)n(CC(=O)N2CCN3CCCC[C@H]3C2)c1. The minimum Gasteiger partial charge on any atom is -0.348 e. The first-order chi connectivity index (χ1) is 15.0. The number of piperidine rings is 1. The van der Waals surface area contributed by atoms with Crippen LogP contribution >= 0.6 is 0 Å². The number of amides is 2. The summed E-state index contributed by atoms with van der Waals surface area (Å²) in [7, 11) is 0. The molecule has 2 fully saturated rings. The number of nitrogens with zero attached hydrogens (tertiary/aromatic N) is 3. The van der Waals surface area contributed by atoms with Crippen molar-refractivity contribution >= 4 is 11.8 Å². The molecule has 2 amide bonds. The molecule has 4 rings (SSSR count). The summed E-state index contributed by atoms with van der Waals surface area (Å²) in [4.78, 5) is 41.9. The number of carbonyl (C=O) groups excluding carboxylic acids is 2. The summed E-state index contributed by atoms with van der Waals surface area (Å²) >= 11 is 0. The number of piperazine rings is 1. The van der Waals surface area contributed by atoms with Crippen LogP contribution in [0.4, 0.5) is 4.39 Å². The summed E-state index contributed by atoms with van der Waals surface area (Å²) in [5.74, 6) is -0.797. The third-order valence-electron chi connectivity index (χ3n) is 6.11. The van der Waals surface area contributed by atoms with Crippen molar-refractivity contribution in [3.63, 3.8) is 0 Å². The Bertz CT molecular complexity index is 1000. The van der Waals surface area contributed by atoms with Crippen molar-refractivity contribution in [1.82, 2.24) is 19.7 Å². The van der Waals surface area contributed by atoms with Crippen LogP contribution in [0.1, 0.15) is 35.2 Å². The van der Waals surface area contributed by atoms with Crippen LogP contribution in [0.15, 0.2) is 47.4 Å². The molecule has 8 heteroatoms. The number of aromatic nitrogens is 1. The highest BCUT2D eigenvalue weighted by Gasteiger charge is 2.31. The molecule has 1 N–H and O–H groups in total. The second kappa shape index (κ2) is 9.43. The second-order valence-corrected chi connectivity index (χ2v) is 8.22. The highest BCUT2D eigenvalue weighted by molar-refractivity contribution is 5.93. The molecule has 164 valence electrons. The maximum Gasteiger partial charge on any atom is 0.253 e. The van der Waals surface area contributed by atoms with Gasteiger partial charge in [-0.05, 0) is 43.1 Å². The number of fused-ring (bicyclic) bond motifs is 1. The van der Waals surface area contributed by atoms with E-state index in [4.69, 9.17) is 0 Å². The number of hydrogen-bond donors (Lipinski definition) is 1. The van der Waals surface area contributed by atoms with Crippen LogP contribution in [0.3, 0.4) is 0 Å². The lowest BCUT2D eigenvalue weighted by atomic mass is 9.99. The molecular formula is C23H27FN4O3. The van der Waals surface area contributed by atoms with E-state index in [0.717, 1.165) is 25.1 Å². The Morgan fingerprint density at radius 2 is 1.84 bits per heavy atom. The van der Waals surface area contributed by atoms with Crippen molar-refractivity contribution in [3.8, 4) is 0 Å². The zero-order chi connectivity index (χ0) is 21.8. The summed E-state index contributed by atoms with van der Waals surface area (Å²) in [5, 5.41) is 2.75. The van der Waals surface area contributed by atoms with E-state index < -0.39 is 0 Å². The second-order valence-electron chi connectivity index (χ2n) is 8.22. The Kier molecular flexibility index (Phi) is 6.46. The molecule has 31 heavy (non-hydrogen) atoms. The van der Waals surface area contributed by atoms with Crippen molar-refractivity contribution in [3.05, 3.63) is 69.9 Å². The van der Waals surface area contributed by atoms with Crippen LogP contribution in [-0.2, 0) is 17.9 Å². The standard InChI is InChI=1S/C23H27FN4O3/c24-19-7-4-17(5-8-19)13-25-23(31)18-6-9-21(29)28(14-18)16-22(30)27-12-11-26-10-2-1-3-20(26)15-27/h4-9,14,20H,1-3,10-13,15-16H2,(H,25,31)/t20-/m0/s1. The van der Waals surface area contributed by atoms with Gasteiger partial charge in [0.15, 0.2) is 0 Å². The molecule has 7 nitrogen and oxygen atoms in total. The highest BCUT2D eigenvalue weighted by Crippen LogP contribution is 2.21. The first kappa shape index (κ1) is 21.2. The molecule has 3 heterocycles. The third kappa shape index (κ3) is 5.19. The molecule has 1 atom stereocenters. The summed E-state index contributed by atoms with van der Waals surface area (Å²) in [5.41, 5.74) is 0.742. The lowest BCUT2D eigenvalue weighted by Gasteiger charge is -2.44. The number of benzene rings is 1. The van der Waals surface area contributed by atoms with Crippen molar-refractivity contribution in [2.24, 2.45) is 0 Å². The van der Waals surface area contributed by atoms with Crippen LogP contribution in [0.2, 0.25) is 0 Å². The largest absolute Gasteiger partial charge is 0.348 e. The Labute approximate surface area is 180 Å². The maximum absolute atomic E-state index is 13.0. The summed E-state index contributed by atoms with van der Waals surface area (Å²) in [6.07, 6.45) is 4.94. The van der Waals surface area contributed by atoms with E-state index in [9.17, 15) is 18.8 Å². The summed E-state index contributed by atoms with van der Waals surface area (Å²) < 4.78 is 14.3. The zero-order valence-corrected chi connectivity index (χ0v) is 17.4. The number of pyridine rings is 1. The lowest BCUT2D eigenvalue weighted by molar-refractivity contribution is -0.135. The van der Waals surface area contributed by atoms with E-state index in [1.54, 1.807) is 12.1 Å². The van der Waals surface area contributed by atoms with E-state index in [-0.39, 0.29) is 36.3 Å². The Hall–Kier alpha value is -3.00. The Morgan fingerprint density at radius 1 is 1.03 bits per heavy atom. The lowest BCUT2D eigenvalue weighted by Crippen LogP contribution is -2.56. The molecule has 2 aliphatic heterocycles. The molecule has 0 unspecified atom stereocenters. The van der Waals surface area contributed by atoms with Crippen LogP contribution in [0, 0.1) is 5.82 Å². The van der Waals surface area contributed by atoms with Crippen molar-refractivity contribution < 1.29 is 14.0 Å². The highest BCUT2D eigenvalue weighted by atomic mass is 19.1. The Morgan fingerprint density at radius 3 is 2.65 bits per heavy atom. The van der Waals surface area contributed by atoms with Gasteiger partial charge in [-0.15, -0.1) is 0 Å². The predicted octanol–water partition coefficient (Wildman–Crippen LogP) is 1.61. The molecule has 1 aromatic heterocycles. The molecule has 2 aliphatic rings. The summed E-state index contributed by atoms with van der Waals surface area (Å²) in [6, 6.07) is 9.03. The average Bonchev–Trinajstić information content (AvgIpc) is 2.79. The predicted molar refractivity (Wildman–Crippen MR) is 114 cm³/mol. The monoisotopic (exact) mass is 426 g/mol. The smallest absolute Gasteiger partial charge is 0.253 e. The van der Waals surface area contributed by atoms with Crippen molar-refractivity contribution in [1.29, 1.82) is 0 Å². The molecule has 0 bridgehead atoms. The number of rotatable bonds is 5. The van der Waals surface area contributed by atoms with Gasteiger partial charge in [0.1, 0.15) is 12.4 Å². The van der Waals surface area contributed by atoms with E-state index in [0.29, 0.717) is 24.7 Å². The normalized spacial score (nSPS) is 19.0. The van der Waals surface area contributed by atoms with Crippen LogP contribution < -0.4 is 10.9 Å².